The molecule has 2 amide bonds. The van der Waals surface area contributed by atoms with E-state index in [0.717, 1.165) is 21.8 Å². The number of alkyl carbamates (subject to hydrolysis) is 2. The molecule has 0 bridgehead atoms. The van der Waals surface area contributed by atoms with Crippen molar-refractivity contribution < 1.29 is 19.1 Å². The average Bonchev–Trinajstić information content (AvgIpc) is 3.21. The number of aromatic nitrogens is 1. The summed E-state index contributed by atoms with van der Waals surface area (Å²) in [5.74, 6) is 0. The third-order valence-electron chi connectivity index (χ3n) is 3.68. The number of amides is 2. The molecule has 2 aromatic carbocycles. The van der Waals surface area contributed by atoms with Crippen LogP contribution in [0, 0.1) is 6.92 Å². The second kappa shape index (κ2) is 12.9. The Morgan fingerprint density at radius 1 is 0.900 bits per heavy atom. The summed E-state index contributed by atoms with van der Waals surface area (Å²) in [6.07, 6.45) is -0.828. The van der Waals surface area contributed by atoms with E-state index in [0.29, 0.717) is 13.2 Å². The van der Waals surface area contributed by atoms with E-state index in [1.54, 1.807) is 0 Å². The van der Waals surface area contributed by atoms with Crippen LogP contribution >= 0.6 is 11.3 Å². The lowest BCUT2D eigenvalue weighted by molar-refractivity contribution is 0.139. The highest BCUT2D eigenvalue weighted by Crippen LogP contribution is 2.08. The Morgan fingerprint density at radius 2 is 1.43 bits per heavy atom. The molecule has 3 aromatic rings. The fourth-order valence-electron chi connectivity index (χ4n) is 2.20. The third kappa shape index (κ3) is 9.20. The number of hydrogen-bond donors (Lipinski definition) is 2. The molecule has 0 unspecified atom stereocenters. The van der Waals surface area contributed by atoms with Crippen molar-refractivity contribution in [1.29, 1.82) is 0 Å². The van der Waals surface area contributed by atoms with Gasteiger partial charge in [-0.3, -0.25) is 0 Å². The molecule has 0 fully saturated rings. The minimum atomic E-state index is -0.424. The highest BCUT2D eigenvalue weighted by Gasteiger charge is 2.04. The minimum absolute atomic E-state index is 0.281. The molecule has 0 radical (unpaired) electrons. The summed E-state index contributed by atoms with van der Waals surface area (Å²) < 4.78 is 9.91. The van der Waals surface area contributed by atoms with E-state index < -0.39 is 12.2 Å². The SMILES string of the molecule is CNC(=O)OCc1ccccc1.Cc1csc(CNC(=O)OCc2ccccc2)n1. The molecule has 2 N–H and O–H groups in total. The summed E-state index contributed by atoms with van der Waals surface area (Å²) in [6, 6.07) is 19.1. The molecule has 0 aliphatic heterocycles. The number of rotatable bonds is 6. The zero-order valence-electron chi connectivity index (χ0n) is 17.0. The number of hydrogen-bond acceptors (Lipinski definition) is 6. The Morgan fingerprint density at radius 3 is 1.90 bits per heavy atom. The largest absolute Gasteiger partial charge is 0.445 e. The zero-order chi connectivity index (χ0) is 21.6. The first-order valence-electron chi connectivity index (χ1n) is 9.31. The number of thiazole rings is 1. The van der Waals surface area contributed by atoms with Gasteiger partial charge in [0.15, 0.2) is 0 Å². The highest BCUT2D eigenvalue weighted by atomic mass is 32.1. The minimum Gasteiger partial charge on any atom is -0.445 e. The first-order valence-corrected chi connectivity index (χ1v) is 10.2. The maximum atomic E-state index is 11.4. The van der Waals surface area contributed by atoms with Gasteiger partial charge in [0.1, 0.15) is 18.2 Å². The molecule has 1 aromatic heterocycles. The van der Waals surface area contributed by atoms with E-state index >= 15 is 0 Å². The Bertz CT molecular complexity index is 901. The number of aryl methyl sites for hydroxylation is 1. The molecular formula is C22H25N3O4S. The van der Waals surface area contributed by atoms with E-state index in [1.807, 2.05) is 73.0 Å². The second-order valence-corrected chi connectivity index (χ2v) is 7.05. The monoisotopic (exact) mass is 427 g/mol. The van der Waals surface area contributed by atoms with E-state index in [2.05, 4.69) is 15.6 Å². The van der Waals surface area contributed by atoms with Crippen molar-refractivity contribution in [3.8, 4) is 0 Å². The normalized spacial score (nSPS) is 9.67. The number of benzene rings is 2. The van der Waals surface area contributed by atoms with Gasteiger partial charge in [0.2, 0.25) is 0 Å². The van der Waals surface area contributed by atoms with Crippen molar-refractivity contribution in [2.45, 2.75) is 26.7 Å². The van der Waals surface area contributed by atoms with Gasteiger partial charge >= 0.3 is 12.2 Å². The Balaban J connectivity index is 0.000000232. The predicted molar refractivity (Wildman–Crippen MR) is 116 cm³/mol. The van der Waals surface area contributed by atoms with Crippen molar-refractivity contribution >= 4 is 23.5 Å². The molecule has 8 heteroatoms. The van der Waals surface area contributed by atoms with E-state index in [9.17, 15) is 9.59 Å². The van der Waals surface area contributed by atoms with Gasteiger partial charge in [-0.15, -0.1) is 11.3 Å². The van der Waals surface area contributed by atoms with Crippen LogP contribution in [0.3, 0.4) is 0 Å². The third-order valence-corrected chi connectivity index (χ3v) is 4.65. The topological polar surface area (TPSA) is 89.6 Å². The lowest BCUT2D eigenvalue weighted by Crippen LogP contribution is -2.23. The fourth-order valence-corrected chi connectivity index (χ4v) is 2.91. The quantitative estimate of drug-likeness (QED) is 0.608. The van der Waals surface area contributed by atoms with Crippen molar-refractivity contribution in [3.05, 3.63) is 87.9 Å². The molecular weight excluding hydrogens is 402 g/mol. The van der Waals surface area contributed by atoms with Crippen LogP contribution in [0.5, 0.6) is 0 Å². The van der Waals surface area contributed by atoms with E-state index in [-0.39, 0.29) is 6.61 Å². The predicted octanol–water partition coefficient (Wildman–Crippen LogP) is 4.42. The van der Waals surface area contributed by atoms with E-state index in [4.69, 9.17) is 9.47 Å². The van der Waals surface area contributed by atoms with Gasteiger partial charge in [0.25, 0.3) is 0 Å². The summed E-state index contributed by atoms with van der Waals surface area (Å²) in [5.41, 5.74) is 2.92. The van der Waals surface area contributed by atoms with Gasteiger partial charge in [-0.05, 0) is 18.1 Å². The molecule has 0 saturated carbocycles. The second-order valence-electron chi connectivity index (χ2n) is 6.11. The summed E-state index contributed by atoms with van der Waals surface area (Å²) in [5, 5.41) is 7.87. The summed E-state index contributed by atoms with van der Waals surface area (Å²) in [4.78, 5) is 26.3. The van der Waals surface area contributed by atoms with Gasteiger partial charge in [0.05, 0.1) is 6.54 Å². The van der Waals surface area contributed by atoms with Gasteiger partial charge in [-0.2, -0.15) is 0 Å². The van der Waals surface area contributed by atoms with Crippen LogP contribution in [-0.4, -0.2) is 24.2 Å². The first kappa shape index (κ1) is 22.9. The van der Waals surface area contributed by atoms with Gasteiger partial charge < -0.3 is 20.1 Å². The Kier molecular flexibility index (Phi) is 9.88. The van der Waals surface area contributed by atoms with Crippen LogP contribution in [0.15, 0.2) is 66.0 Å². The summed E-state index contributed by atoms with van der Waals surface area (Å²) in [7, 11) is 1.54. The Labute approximate surface area is 180 Å². The molecule has 0 atom stereocenters. The number of nitrogens with one attached hydrogen (secondary N) is 2. The molecule has 3 rings (SSSR count). The number of ether oxygens (including phenoxy) is 2. The molecule has 158 valence electrons. The van der Waals surface area contributed by atoms with Crippen molar-refractivity contribution in [1.82, 2.24) is 15.6 Å². The van der Waals surface area contributed by atoms with Crippen molar-refractivity contribution in [3.63, 3.8) is 0 Å². The maximum Gasteiger partial charge on any atom is 0.407 e. The van der Waals surface area contributed by atoms with Crippen LogP contribution in [-0.2, 0) is 29.2 Å². The van der Waals surface area contributed by atoms with Gasteiger partial charge in [-0.25, -0.2) is 14.6 Å². The lowest BCUT2D eigenvalue weighted by atomic mass is 10.2. The summed E-state index contributed by atoms with van der Waals surface area (Å²) >= 11 is 1.52. The maximum absolute atomic E-state index is 11.4. The smallest absolute Gasteiger partial charge is 0.407 e. The fraction of sp³-hybridized carbons (Fsp3) is 0.227. The van der Waals surface area contributed by atoms with Crippen LogP contribution < -0.4 is 10.6 Å². The zero-order valence-corrected chi connectivity index (χ0v) is 17.8. The van der Waals surface area contributed by atoms with E-state index in [1.165, 1.54) is 18.4 Å². The Hall–Kier alpha value is -3.39. The highest BCUT2D eigenvalue weighted by molar-refractivity contribution is 7.09. The molecule has 0 aliphatic carbocycles. The van der Waals surface area contributed by atoms with Gasteiger partial charge in [-0.1, -0.05) is 60.7 Å². The number of carbonyl (C=O) groups is 2. The van der Waals surface area contributed by atoms with Crippen molar-refractivity contribution in [2.75, 3.05) is 7.05 Å². The number of carbonyl (C=O) groups excluding carboxylic acids is 2. The van der Waals surface area contributed by atoms with Crippen LogP contribution in [0.25, 0.3) is 0 Å². The van der Waals surface area contributed by atoms with Crippen LogP contribution in [0.4, 0.5) is 9.59 Å². The number of nitrogens with zero attached hydrogens (tertiary/aromatic N) is 1. The lowest BCUT2D eigenvalue weighted by Gasteiger charge is -2.05. The molecule has 0 aliphatic rings. The van der Waals surface area contributed by atoms with Gasteiger partial charge in [0, 0.05) is 18.1 Å². The average molecular weight is 428 g/mol. The molecule has 0 saturated heterocycles. The van der Waals surface area contributed by atoms with Crippen LogP contribution in [0.1, 0.15) is 21.8 Å². The first-order chi connectivity index (χ1) is 14.6. The summed E-state index contributed by atoms with van der Waals surface area (Å²) in [6.45, 7) is 2.93. The standard InChI is InChI=1S/C13H14N2O2S.C9H11NO2/c1-10-9-18-12(15-10)7-14-13(16)17-8-11-5-3-2-4-6-11;1-10-9(11)12-7-8-5-3-2-4-6-8/h2-6,9H,7-8H2,1H3,(H,14,16);2-6H,7H2,1H3,(H,10,11). The van der Waals surface area contributed by atoms with Crippen LogP contribution in [0.2, 0.25) is 0 Å². The molecule has 7 nitrogen and oxygen atoms in total. The van der Waals surface area contributed by atoms with Crippen molar-refractivity contribution in [2.24, 2.45) is 0 Å². The molecule has 30 heavy (non-hydrogen) atoms. The molecule has 0 spiro atoms. The molecule has 1 heterocycles.